The van der Waals surface area contributed by atoms with Gasteiger partial charge in [-0.25, -0.2) is 0 Å². The first kappa shape index (κ1) is 21.5. The van der Waals surface area contributed by atoms with Gasteiger partial charge in [0.1, 0.15) is 5.60 Å². The third kappa shape index (κ3) is 3.59. The molecule has 4 rings (SSSR count). The molecule has 4 heteroatoms. The fourth-order valence-corrected chi connectivity index (χ4v) is 5.73. The van der Waals surface area contributed by atoms with Crippen LogP contribution in [-0.4, -0.2) is 45.8 Å². The molecular weight excluding hydrogens is 372 g/mol. The molecule has 1 aromatic heterocycles. The van der Waals surface area contributed by atoms with E-state index >= 15 is 0 Å². The number of pyridine rings is 1. The fraction of sp³-hybridized carbons (Fsp3) is 0.577. The van der Waals surface area contributed by atoms with Crippen LogP contribution >= 0.6 is 0 Å². The Morgan fingerprint density at radius 3 is 2.30 bits per heavy atom. The van der Waals surface area contributed by atoms with E-state index in [2.05, 4.69) is 68.0 Å². The zero-order valence-electron chi connectivity index (χ0n) is 19.0. The summed E-state index contributed by atoms with van der Waals surface area (Å²) in [6.45, 7) is 10.1. The van der Waals surface area contributed by atoms with Crippen molar-refractivity contribution in [1.29, 1.82) is 0 Å². The highest BCUT2D eigenvalue weighted by molar-refractivity contribution is 5.42. The number of aromatic nitrogens is 1. The van der Waals surface area contributed by atoms with E-state index in [0.717, 1.165) is 49.0 Å². The summed E-state index contributed by atoms with van der Waals surface area (Å²) in [5, 5.41) is 22.8. The summed E-state index contributed by atoms with van der Waals surface area (Å²) in [6.07, 6.45) is 6.26. The molecule has 1 aliphatic carbocycles. The van der Waals surface area contributed by atoms with Crippen molar-refractivity contribution in [2.75, 3.05) is 20.1 Å². The molecule has 0 bridgehead atoms. The number of benzene rings is 1. The molecular formula is C26H36N2O2. The average molecular weight is 409 g/mol. The Hall–Kier alpha value is -1.75. The first-order valence-electron chi connectivity index (χ1n) is 11.2. The van der Waals surface area contributed by atoms with Gasteiger partial charge in [0.2, 0.25) is 0 Å². The van der Waals surface area contributed by atoms with Crippen LogP contribution in [0.2, 0.25) is 0 Å². The largest absolute Gasteiger partial charge is 0.390 e. The lowest BCUT2D eigenvalue weighted by atomic mass is 9.62. The van der Waals surface area contributed by atoms with E-state index in [1.165, 1.54) is 5.56 Å². The maximum absolute atomic E-state index is 12.3. The first-order chi connectivity index (χ1) is 14.0. The van der Waals surface area contributed by atoms with Crippen LogP contribution in [0.25, 0.3) is 0 Å². The molecule has 2 fully saturated rings. The van der Waals surface area contributed by atoms with Crippen LogP contribution in [0.3, 0.4) is 0 Å². The van der Waals surface area contributed by atoms with Crippen LogP contribution in [0, 0.1) is 5.41 Å². The van der Waals surface area contributed by atoms with E-state index in [1.54, 1.807) is 0 Å². The van der Waals surface area contributed by atoms with Gasteiger partial charge in [-0.3, -0.25) is 4.98 Å². The highest BCUT2D eigenvalue weighted by Gasteiger charge is 2.55. The number of hydrogen-bond donors (Lipinski definition) is 2. The van der Waals surface area contributed by atoms with Crippen LogP contribution < -0.4 is 0 Å². The molecule has 2 aromatic rings. The summed E-state index contributed by atoms with van der Waals surface area (Å²) in [4.78, 5) is 6.80. The van der Waals surface area contributed by atoms with Crippen molar-refractivity contribution in [3.8, 4) is 0 Å². The normalized spacial score (nSPS) is 28.3. The Morgan fingerprint density at radius 1 is 1.10 bits per heavy atom. The maximum Gasteiger partial charge on any atom is 0.124 e. The lowest BCUT2D eigenvalue weighted by molar-refractivity contribution is -0.127. The van der Waals surface area contributed by atoms with Crippen molar-refractivity contribution in [3.63, 3.8) is 0 Å². The van der Waals surface area contributed by atoms with Crippen molar-refractivity contribution in [2.45, 2.75) is 70.0 Å². The number of rotatable bonds is 5. The van der Waals surface area contributed by atoms with Crippen LogP contribution in [0.1, 0.15) is 81.0 Å². The van der Waals surface area contributed by atoms with Gasteiger partial charge in [0, 0.05) is 36.5 Å². The van der Waals surface area contributed by atoms with E-state index in [0.29, 0.717) is 5.92 Å². The molecule has 0 radical (unpaired) electrons. The topological polar surface area (TPSA) is 56.6 Å². The highest BCUT2D eigenvalue weighted by Crippen LogP contribution is 2.51. The van der Waals surface area contributed by atoms with Crippen molar-refractivity contribution < 1.29 is 10.2 Å². The quantitative estimate of drug-likeness (QED) is 0.769. The van der Waals surface area contributed by atoms with Gasteiger partial charge in [-0.15, -0.1) is 0 Å². The molecule has 1 unspecified atom stereocenters. The molecule has 4 nitrogen and oxygen atoms in total. The van der Waals surface area contributed by atoms with Gasteiger partial charge in [-0.1, -0.05) is 45.0 Å². The van der Waals surface area contributed by atoms with Gasteiger partial charge in [0.25, 0.3) is 0 Å². The molecule has 1 saturated heterocycles. The van der Waals surface area contributed by atoms with Crippen LogP contribution in [0.5, 0.6) is 0 Å². The Balaban J connectivity index is 1.77. The molecule has 2 aliphatic rings. The summed E-state index contributed by atoms with van der Waals surface area (Å²) < 4.78 is 0. The van der Waals surface area contributed by atoms with E-state index in [1.807, 2.05) is 19.3 Å². The Kier molecular flexibility index (Phi) is 5.32. The molecule has 162 valence electrons. The third-order valence-electron chi connectivity index (χ3n) is 7.47. The van der Waals surface area contributed by atoms with Crippen LogP contribution in [0.15, 0.2) is 42.7 Å². The molecule has 2 heterocycles. The third-order valence-corrected chi connectivity index (χ3v) is 7.47. The van der Waals surface area contributed by atoms with Crippen molar-refractivity contribution in [1.82, 2.24) is 9.88 Å². The van der Waals surface area contributed by atoms with E-state index in [-0.39, 0.29) is 11.3 Å². The Labute approximate surface area is 181 Å². The average Bonchev–Trinajstić information content (AvgIpc) is 3.06. The molecule has 30 heavy (non-hydrogen) atoms. The number of likely N-dealkylation sites (tertiary alicyclic amines) is 1. The Bertz CT molecular complexity index is 900. The number of nitrogens with zero attached hydrogens (tertiary/aromatic N) is 2. The standard InChI is InChI=1S/C26H36N2O2/c1-18(2)19-6-8-22(9-7-19)26(30,24(3)16-28(5)17-24)23-12-21(14-27-15-23)20-10-11-25(4,29)13-20/h6-9,12,14-15,18,20,29-30H,10-11,13,16-17H2,1-5H3/t20-,25?,26-/m0/s1. The minimum atomic E-state index is -1.11. The van der Waals surface area contributed by atoms with Crippen LogP contribution in [-0.2, 0) is 5.60 Å². The second-order valence-electron chi connectivity index (χ2n) is 10.7. The second kappa shape index (κ2) is 7.44. The van der Waals surface area contributed by atoms with Gasteiger partial charge in [-0.2, -0.15) is 0 Å². The van der Waals surface area contributed by atoms with Crippen LogP contribution in [0.4, 0.5) is 0 Å². The van der Waals surface area contributed by atoms with E-state index in [9.17, 15) is 10.2 Å². The molecule has 0 spiro atoms. The van der Waals surface area contributed by atoms with Gasteiger partial charge in [-0.05, 0) is 67.8 Å². The lowest BCUT2D eigenvalue weighted by Crippen LogP contribution is -2.63. The zero-order valence-corrected chi connectivity index (χ0v) is 19.0. The monoisotopic (exact) mass is 408 g/mol. The minimum absolute atomic E-state index is 0.289. The SMILES string of the molecule is CC(C)c1ccc([C@](O)(c2cncc([C@H]3CCC(C)(O)C3)c2)C2(C)CN(C)C2)cc1. The van der Waals surface area contributed by atoms with Gasteiger partial charge in [0.05, 0.1) is 5.60 Å². The summed E-state index contributed by atoms with van der Waals surface area (Å²) in [6, 6.07) is 10.6. The lowest BCUT2D eigenvalue weighted by Gasteiger charge is -2.56. The molecule has 2 N–H and O–H groups in total. The van der Waals surface area contributed by atoms with Gasteiger partial charge < -0.3 is 15.1 Å². The second-order valence-corrected chi connectivity index (χ2v) is 10.7. The summed E-state index contributed by atoms with van der Waals surface area (Å²) in [7, 11) is 2.10. The van der Waals surface area contributed by atoms with E-state index in [4.69, 9.17) is 0 Å². The van der Waals surface area contributed by atoms with Crippen molar-refractivity contribution >= 4 is 0 Å². The van der Waals surface area contributed by atoms with Gasteiger partial charge in [0.15, 0.2) is 0 Å². The molecule has 1 aromatic carbocycles. The molecule has 0 amide bonds. The minimum Gasteiger partial charge on any atom is -0.390 e. The fourth-order valence-electron chi connectivity index (χ4n) is 5.73. The predicted molar refractivity (Wildman–Crippen MR) is 121 cm³/mol. The molecule has 1 aliphatic heterocycles. The van der Waals surface area contributed by atoms with E-state index < -0.39 is 11.2 Å². The first-order valence-corrected chi connectivity index (χ1v) is 11.2. The summed E-state index contributed by atoms with van der Waals surface area (Å²) in [5.74, 6) is 0.745. The molecule has 1 saturated carbocycles. The van der Waals surface area contributed by atoms with Gasteiger partial charge >= 0.3 is 0 Å². The number of hydrogen-bond acceptors (Lipinski definition) is 4. The zero-order chi connectivity index (χ0) is 21.7. The van der Waals surface area contributed by atoms with Crippen molar-refractivity contribution in [3.05, 3.63) is 65.0 Å². The predicted octanol–water partition coefficient (Wildman–Crippen LogP) is 4.41. The Morgan fingerprint density at radius 2 is 1.77 bits per heavy atom. The number of aliphatic hydroxyl groups is 2. The summed E-state index contributed by atoms with van der Waals surface area (Å²) in [5.41, 5.74) is 2.18. The molecule has 3 atom stereocenters. The van der Waals surface area contributed by atoms with Crippen molar-refractivity contribution in [2.24, 2.45) is 5.41 Å². The highest BCUT2D eigenvalue weighted by atomic mass is 16.3. The summed E-state index contributed by atoms with van der Waals surface area (Å²) >= 11 is 0. The smallest absolute Gasteiger partial charge is 0.124 e. The maximum atomic E-state index is 12.3.